The van der Waals surface area contributed by atoms with E-state index in [1.54, 1.807) is 0 Å². The molecule has 0 bridgehead atoms. The molecule has 0 fully saturated rings. The smallest absolute Gasteiger partial charge is 0.229 e. The van der Waals surface area contributed by atoms with E-state index in [0.29, 0.717) is 13.0 Å². The molecule has 1 amide bonds. The zero-order chi connectivity index (χ0) is 13.0. The van der Waals surface area contributed by atoms with Gasteiger partial charge in [0.2, 0.25) is 5.91 Å². The van der Waals surface area contributed by atoms with Gasteiger partial charge >= 0.3 is 0 Å². The Bertz CT molecular complexity index is 420. The van der Waals surface area contributed by atoms with Crippen molar-refractivity contribution in [3.63, 3.8) is 0 Å². The number of carbonyl (C=O) groups excluding carboxylic acids is 1. The van der Waals surface area contributed by atoms with E-state index in [-0.39, 0.29) is 24.5 Å². The number of rotatable bonds is 4. The van der Waals surface area contributed by atoms with Gasteiger partial charge < -0.3 is 15.7 Å². The minimum Gasteiger partial charge on any atom is -0.396 e. The predicted molar refractivity (Wildman–Crippen MR) is 70.2 cm³/mol. The van der Waals surface area contributed by atoms with Gasteiger partial charge in [-0.2, -0.15) is 0 Å². The average Bonchev–Trinajstić information content (AvgIpc) is 2.38. The molecule has 0 spiro atoms. The van der Waals surface area contributed by atoms with Crippen molar-refractivity contribution in [2.45, 2.75) is 31.8 Å². The van der Waals surface area contributed by atoms with E-state index >= 15 is 0 Å². The number of aliphatic hydroxyl groups excluding tert-OH is 1. The molecule has 0 radical (unpaired) electrons. The van der Waals surface area contributed by atoms with Crippen molar-refractivity contribution in [3.8, 4) is 0 Å². The fourth-order valence-corrected chi connectivity index (χ4v) is 2.34. The molecule has 0 saturated carbocycles. The van der Waals surface area contributed by atoms with Crippen molar-refractivity contribution < 1.29 is 9.90 Å². The molecule has 1 aliphatic rings. The molecule has 1 aromatic rings. The summed E-state index contributed by atoms with van der Waals surface area (Å²) in [7, 11) is 0. The molecule has 1 aromatic carbocycles. The lowest BCUT2D eigenvalue weighted by molar-refractivity contribution is -0.123. The van der Waals surface area contributed by atoms with Crippen LogP contribution in [0.25, 0.3) is 0 Å². The molecular formula is C14H20N2O2. The summed E-state index contributed by atoms with van der Waals surface area (Å²) in [5.41, 5.74) is 2.31. The van der Waals surface area contributed by atoms with Gasteiger partial charge in [0.25, 0.3) is 0 Å². The first-order valence-corrected chi connectivity index (χ1v) is 6.42. The maximum atomic E-state index is 12.2. The third kappa shape index (κ3) is 2.89. The first-order chi connectivity index (χ1) is 8.72. The number of aliphatic hydroxyl groups is 1. The fourth-order valence-electron chi connectivity index (χ4n) is 2.34. The van der Waals surface area contributed by atoms with Gasteiger partial charge in [0.1, 0.15) is 0 Å². The first-order valence-electron chi connectivity index (χ1n) is 6.42. The Morgan fingerprint density at radius 1 is 1.56 bits per heavy atom. The van der Waals surface area contributed by atoms with Crippen LogP contribution in [0.2, 0.25) is 0 Å². The number of benzene rings is 1. The van der Waals surface area contributed by atoms with Crippen LogP contribution >= 0.6 is 0 Å². The van der Waals surface area contributed by atoms with Crippen LogP contribution in [0.15, 0.2) is 24.3 Å². The summed E-state index contributed by atoms with van der Waals surface area (Å²) in [5.74, 6) is -0.0910. The lowest BCUT2D eigenvalue weighted by atomic mass is 9.90. The van der Waals surface area contributed by atoms with Gasteiger partial charge in [0, 0.05) is 25.7 Å². The second-order valence-electron chi connectivity index (χ2n) is 4.80. The highest BCUT2D eigenvalue weighted by Crippen LogP contribution is 2.23. The molecule has 2 atom stereocenters. The average molecular weight is 248 g/mol. The second-order valence-corrected chi connectivity index (χ2v) is 4.80. The summed E-state index contributed by atoms with van der Waals surface area (Å²) in [6.07, 6.45) is 0.591. The SMILES string of the molecule is CC(CCO)NC(=O)C1CNCc2ccccc21. The number of amides is 1. The molecule has 1 heterocycles. The lowest BCUT2D eigenvalue weighted by Crippen LogP contribution is -2.42. The van der Waals surface area contributed by atoms with Gasteiger partial charge in [0.05, 0.1) is 5.92 Å². The van der Waals surface area contributed by atoms with E-state index in [1.165, 1.54) is 5.56 Å². The van der Waals surface area contributed by atoms with E-state index in [9.17, 15) is 4.79 Å². The lowest BCUT2D eigenvalue weighted by Gasteiger charge is -2.26. The van der Waals surface area contributed by atoms with Crippen LogP contribution in [0.5, 0.6) is 0 Å². The summed E-state index contributed by atoms with van der Waals surface area (Å²) in [4.78, 5) is 12.2. The van der Waals surface area contributed by atoms with E-state index < -0.39 is 0 Å². The Balaban J connectivity index is 2.08. The first kappa shape index (κ1) is 13.1. The Morgan fingerprint density at radius 2 is 2.33 bits per heavy atom. The number of nitrogens with one attached hydrogen (secondary N) is 2. The summed E-state index contributed by atoms with van der Waals surface area (Å²) in [6.45, 7) is 3.51. The maximum Gasteiger partial charge on any atom is 0.229 e. The Hall–Kier alpha value is -1.39. The van der Waals surface area contributed by atoms with Crippen LogP contribution < -0.4 is 10.6 Å². The molecule has 18 heavy (non-hydrogen) atoms. The Kier molecular flexibility index (Phi) is 4.33. The van der Waals surface area contributed by atoms with Gasteiger partial charge in [0.15, 0.2) is 0 Å². The molecule has 3 N–H and O–H groups in total. The molecule has 2 rings (SSSR count). The Labute approximate surface area is 107 Å². The molecular weight excluding hydrogens is 228 g/mol. The van der Waals surface area contributed by atoms with Crippen molar-refractivity contribution in [2.75, 3.05) is 13.2 Å². The van der Waals surface area contributed by atoms with E-state index in [2.05, 4.69) is 16.7 Å². The summed E-state index contributed by atoms with van der Waals surface area (Å²) < 4.78 is 0. The quantitative estimate of drug-likeness (QED) is 0.737. The summed E-state index contributed by atoms with van der Waals surface area (Å²) in [6, 6.07) is 8.06. The molecule has 4 nitrogen and oxygen atoms in total. The molecule has 2 unspecified atom stereocenters. The van der Waals surface area contributed by atoms with Crippen LogP contribution in [0, 0.1) is 0 Å². The molecule has 0 aromatic heterocycles. The third-order valence-electron chi connectivity index (χ3n) is 3.36. The van der Waals surface area contributed by atoms with Gasteiger partial charge in [-0.1, -0.05) is 24.3 Å². The highest BCUT2D eigenvalue weighted by Gasteiger charge is 2.26. The van der Waals surface area contributed by atoms with E-state index in [4.69, 9.17) is 5.11 Å². The number of fused-ring (bicyclic) bond motifs is 1. The normalized spacial score (nSPS) is 20.0. The van der Waals surface area contributed by atoms with Gasteiger partial charge in [-0.05, 0) is 24.5 Å². The minimum atomic E-state index is -0.129. The number of hydrogen-bond acceptors (Lipinski definition) is 3. The largest absolute Gasteiger partial charge is 0.396 e. The standard InChI is InChI=1S/C14H20N2O2/c1-10(6-7-17)16-14(18)13-9-15-8-11-4-2-3-5-12(11)13/h2-5,10,13,15,17H,6-9H2,1H3,(H,16,18). The Morgan fingerprint density at radius 3 is 3.11 bits per heavy atom. The molecule has 4 heteroatoms. The zero-order valence-corrected chi connectivity index (χ0v) is 10.6. The highest BCUT2D eigenvalue weighted by atomic mass is 16.3. The predicted octanol–water partition coefficient (Wildman–Crippen LogP) is 0.760. The van der Waals surface area contributed by atoms with Crippen LogP contribution in [0.4, 0.5) is 0 Å². The topological polar surface area (TPSA) is 61.4 Å². The van der Waals surface area contributed by atoms with Crippen molar-refractivity contribution >= 4 is 5.91 Å². The number of hydrogen-bond donors (Lipinski definition) is 3. The van der Waals surface area contributed by atoms with E-state index in [0.717, 1.165) is 12.1 Å². The van der Waals surface area contributed by atoms with Crippen molar-refractivity contribution in [1.82, 2.24) is 10.6 Å². The van der Waals surface area contributed by atoms with Crippen LogP contribution in [0.1, 0.15) is 30.4 Å². The zero-order valence-electron chi connectivity index (χ0n) is 10.6. The van der Waals surface area contributed by atoms with Crippen molar-refractivity contribution in [1.29, 1.82) is 0 Å². The van der Waals surface area contributed by atoms with Gasteiger partial charge in [-0.3, -0.25) is 4.79 Å². The van der Waals surface area contributed by atoms with Crippen LogP contribution in [0.3, 0.4) is 0 Å². The van der Waals surface area contributed by atoms with Crippen molar-refractivity contribution in [3.05, 3.63) is 35.4 Å². The van der Waals surface area contributed by atoms with Crippen molar-refractivity contribution in [2.24, 2.45) is 0 Å². The molecule has 98 valence electrons. The van der Waals surface area contributed by atoms with Gasteiger partial charge in [-0.15, -0.1) is 0 Å². The second kappa shape index (κ2) is 5.98. The molecule has 1 aliphatic heterocycles. The number of carbonyl (C=O) groups is 1. The molecule has 0 aliphatic carbocycles. The highest BCUT2D eigenvalue weighted by molar-refractivity contribution is 5.84. The maximum absolute atomic E-state index is 12.2. The molecule has 0 saturated heterocycles. The monoisotopic (exact) mass is 248 g/mol. The van der Waals surface area contributed by atoms with Gasteiger partial charge in [-0.25, -0.2) is 0 Å². The van der Waals surface area contributed by atoms with E-state index in [1.807, 2.05) is 25.1 Å². The third-order valence-corrected chi connectivity index (χ3v) is 3.36. The summed E-state index contributed by atoms with van der Waals surface area (Å²) >= 11 is 0. The fraction of sp³-hybridized carbons (Fsp3) is 0.500. The summed E-state index contributed by atoms with van der Waals surface area (Å²) in [5, 5.41) is 15.1. The van der Waals surface area contributed by atoms with Crippen LogP contribution in [-0.2, 0) is 11.3 Å². The van der Waals surface area contributed by atoms with Crippen LogP contribution in [-0.4, -0.2) is 30.2 Å². The minimum absolute atomic E-state index is 0.0107.